The molecule has 1 aromatic carbocycles. The van der Waals surface area contributed by atoms with Crippen molar-refractivity contribution < 1.29 is 25.4 Å². The maximum atomic E-state index is 10.3. The van der Waals surface area contributed by atoms with Gasteiger partial charge in [0.25, 0.3) is 9.85 Å². The van der Waals surface area contributed by atoms with Crippen LogP contribution >= 0.6 is 0 Å². The van der Waals surface area contributed by atoms with Gasteiger partial charge in [0, 0.05) is 12.1 Å². The Balaban J connectivity index is 3.20. The molecule has 0 atom stereocenters. The van der Waals surface area contributed by atoms with E-state index < -0.39 is 21.3 Å². The second-order valence-electron chi connectivity index (χ2n) is 2.22. The second-order valence-corrected chi connectivity index (χ2v) is 2.22. The largest absolute Gasteiger partial charge is 0.502 e. The summed E-state index contributed by atoms with van der Waals surface area (Å²) in [4.78, 5) is 19.6. The molecule has 3 N–H and O–H groups in total. The molecule has 7 nitrogen and oxygen atoms in total. The van der Waals surface area contributed by atoms with E-state index in [-0.39, 0.29) is 5.69 Å². The Kier molecular flexibility index (Phi) is 2.09. The lowest BCUT2D eigenvalue weighted by atomic mass is 10.2. The van der Waals surface area contributed by atoms with Crippen LogP contribution in [0.2, 0.25) is 0 Å². The molecular formula is C6H6N2O5+2. The molecule has 0 amide bonds. The highest BCUT2D eigenvalue weighted by molar-refractivity contribution is 5.51. The average molecular weight is 186 g/mol. The lowest BCUT2D eigenvalue weighted by molar-refractivity contribution is -0.732. The Morgan fingerprint density at radius 1 is 1.08 bits per heavy atom. The lowest BCUT2D eigenvalue weighted by Gasteiger charge is -1.88. The van der Waals surface area contributed by atoms with Gasteiger partial charge < -0.3 is 5.11 Å². The zero-order valence-corrected chi connectivity index (χ0v) is 6.28. The van der Waals surface area contributed by atoms with Gasteiger partial charge in [-0.25, -0.2) is 10.4 Å². The fourth-order valence-corrected chi connectivity index (χ4v) is 0.793. The molecular weight excluding hydrogens is 180 g/mol. The molecule has 13 heavy (non-hydrogen) atoms. The summed E-state index contributed by atoms with van der Waals surface area (Å²) in [5.41, 5.74) is -0.659. The minimum atomic E-state index is -0.607. The summed E-state index contributed by atoms with van der Waals surface area (Å²) in [5.74, 6) is -0.607. The molecule has 0 bridgehead atoms. The molecule has 1 aromatic rings. The summed E-state index contributed by atoms with van der Waals surface area (Å²) in [6, 6.07) is 2.88. The molecule has 0 saturated carbocycles. The first-order valence-electron chi connectivity index (χ1n) is 3.17. The van der Waals surface area contributed by atoms with Gasteiger partial charge >= 0.3 is 11.4 Å². The summed E-state index contributed by atoms with van der Waals surface area (Å²) in [7, 11) is 0. The third-order valence-corrected chi connectivity index (χ3v) is 1.39. The van der Waals surface area contributed by atoms with Crippen molar-refractivity contribution in [3.8, 4) is 5.75 Å². The molecule has 68 valence electrons. The number of hydrogen-bond donors (Lipinski definition) is 3. The van der Waals surface area contributed by atoms with E-state index in [2.05, 4.69) is 0 Å². The van der Waals surface area contributed by atoms with Gasteiger partial charge in [0.05, 0.1) is 15.9 Å². The fraction of sp³-hybridized carbons (Fsp3) is 0. The summed E-state index contributed by atoms with van der Waals surface area (Å²) < 4.78 is 0. The zero-order valence-electron chi connectivity index (χ0n) is 6.28. The van der Waals surface area contributed by atoms with E-state index in [1.54, 1.807) is 0 Å². The summed E-state index contributed by atoms with van der Waals surface area (Å²) in [6.45, 7) is 0. The van der Waals surface area contributed by atoms with E-state index in [1.807, 2.05) is 0 Å². The second kappa shape index (κ2) is 3.05. The van der Waals surface area contributed by atoms with Gasteiger partial charge in [-0.2, -0.15) is 0 Å². The van der Waals surface area contributed by atoms with Crippen LogP contribution in [-0.2, 0) is 0 Å². The van der Waals surface area contributed by atoms with Crippen molar-refractivity contribution in [3.63, 3.8) is 0 Å². The predicted molar refractivity (Wildman–Crippen MR) is 38.3 cm³/mol. The van der Waals surface area contributed by atoms with Crippen LogP contribution in [0.3, 0.4) is 0 Å². The van der Waals surface area contributed by atoms with Crippen LogP contribution in [0.25, 0.3) is 0 Å². The smallest absolute Gasteiger partial charge is 0.358 e. The molecule has 0 aliphatic heterocycles. The molecule has 1 rings (SSSR count). The number of aromatic hydroxyl groups is 1. The number of benzene rings is 1. The molecule has 0 heterocycles. The van der Waals surface area contributed by atoms with Crippen LogP contribution in [0, 0.1) is 9.81 Å². The van der Waals surface area contributed by atoms with Crippen LogP contribution in [0.15, 0.2) is 18.2 Å². The highest BCUT2D eigenvalue weighted by Crippen LogP contribution is 2.28. The van der Waals surface area contributed by atoms with Gasteiger partial charge in [-0.1, -0.05) is 0 Å². The van der Waals surface area contributed by atoms with Gasteiger partial charge in [-0.15, -0.1) is 0 Å². The van der Waals surface area contributed by atoms with Crippen LogP contribution in [0.5, 0.6) is 5.75 Å². The molecule has 0 radical (unpaired) electrons. The van der Waals surface area contributed by atoms with Crippen LogP contribution < -0.4 is 0 Å². The average Bonchev–Trinajstić information content (AvgIpc) is 2.03. The van der Waals surface area contributed by atoms with E-state index in [9.17, 15) is 9.81 Å². The highest BCUT2D eigenvalue weighted by atomic mass is 16.6. The molecule has 0 fully saturated rings. The van der Waals surface area contributed by atoms with Crippen molar-refractivity contribution in [1.82, 2.24) is 0 Å². The molecule has 0 aromatic heterocycles. The Morgan fingerprint density at radius 3 is 2.08 bits per heavy atom. The number of nitrogens with zero attached hydrogens (tertiary/aromatic N) is 2. The Labute approximate surface area is 71.5 Å². The number of phenolic OH excluding ortho intramolecular Hbond substituents is 1. The predicted octanol–water partition coefficient (Wildman–Crippen LogP) is 0.991. The van der Waals surface area contributed by atoms with Crippen LogP contribution in [-0.4, -0.2) is 25.4 Å². The van der Waals surface area contributed by atoms with Gasteiger partial charge in [-0.05, 0) is 0 Å². The Bertz CT molecular complexity index is 375. The van der Waals surface area contributed by atoms with Crippen molar-refractivity contribution in [1.29, 1.82) is 0 Å². The van der Waals surface area contributed by atoms with Crippen molar-refractivity contribution >= 4 is 11.4 Å². The standard InChI is InChI=1S/C6H5N2O5/c9-6-3-4(7(10)11)1-2-5(6)8(12)13/h1-3H,(H2-,9,10,11,12,13)/q+1/p+1. The third-order valence-electron chi connectivity index (χ3n) is 1.39. The first-order chi connectivity index (χ1) is 6.02. The van der Waals surface area contributed by atoms with E-state index >= 15 is 0 Å². The van der Waals surface area contributed by atoms with E-state index in [0.717, 1.165) is 18.2 Å². The number of phenols is 1. The lowest BCUT2D eigenvalue weighted by Crippen LogP contribution is -1.95. The number of rotatable bonds is 2. The van der Waals surface area contributed by atoms with Crippen molar-refractivity contribution in [2.75, 3.05) is 0 Å². The summed E-state index contributed by atoms with van der Waals surface area (Å²) in [5, 5.41) is 25.8. The molecule has 0 unspecified atom stereocenters. The molecule has 0 aliphatic carbocycles. The zero-order chi connectivity index (χ0) is 10.0. The van der Waals surface area contributed by atoms with Gasteiger partial charge in [0.2, 0.25) is 5.75 Å². The molecule has 0 aliphatic rings. The monoisotopic (exact) mass is 186 g/mol. The van der Waals surface area contributed by atoms with Crippen LogP contribution in [0.1, 0.15) is 0 Å². The summed E-state index contributed by atoms with van der Waals surface area (Å²) >= 11 is 0. The minimum Gasteiger partial charge on any atom is -0.502 e. The normalized spacial score (nSPS) is 9.54. The number of hydrogen-bond acceptors (Lipinski definition) is 3. The SMILES string of the molecule is O=[N+](O)c1ccc([N+](=O)O)c(O)c1. The van der Waals surface area contributed by atoms with Crippen LogP contribution in [0.4, 0.5) is 11.4 Å². The third kappa shape index (κ3) is 1.70. The van der Waals surface area contributed by atoms with E-state index in [1.165, 1.54) is 0 Å². The Hall–Kier alpha value is -2.18. The van der Waals surface area contributed by atoms with Gasteiger partial charge in [0.15, 0.2) is 0 Å². The maximum absolute atomic E-state index is 10.3. The van der Waals surface area contributed by atoms with Crippen molar-refractivity contribution in [3.05, 3.63) is 28.0 Å². The topological polar surface area (TPSA) is 101 Å². The molecule has 0 saturated heterocycles. The van der Waals surface area contributed by atoms with Crippen molar-refractivity contribution in [2.45, 2.75) is 0 Å². The first-order valence-corrected chi connectivity index (χ1v) is 3.17. The summed E-state index contributed by atoms with van der Waals surface area (Å²) in [6.07, 6.45) is 0. The first kappa shape index (κ1) is 8.91. The van der Waals surface area contributed by atoms with E-state index in [4.69, 9.17) is 15.5 Å². The minimum absolute atomic E-state index is 0.247. The Morgan fingerprint density at radius 2 is 1.69 bits per heavy atom. The van der Waals surface area contributed by atoms with E-state index in [0.29, 0.717) is 0 Å². The van der Waals surface area contributed by atoms with Gasteiger partial charge in [0.1, 0.15) is 0 Å². The quantitative estimate of drug-likeness (QED) is 0.598. The molecule has 0 spiro atoms. The highest BCUT2D eigenvalue weighted by Gasteiger charge is 2.23. The van der Waals surface area contributed by atoms with Gasteiger partial charge in [-0.3, -0.25) is 0 Å². The van der Waals surface area contributed by atoms with Crippen molar-refractivity contribution in [2.24, 2.45) is 0 Å². The molecule has 7 heteroatoms. The fourth-order valence-electron chi connectivity index (χ4n) is 0.793. The maximum Gasteiger partial charge on any atom is 0.358 e.